The molecule has 10 rings (SSSR count). The van der Waals surface area contributed by atoms with Gasteiger partial charge in [0.05, 0.1) is 0 Å². The summed E-state index contributed by atoms with van der Waals surface area (Å²) in [4.78, 5) is 15.1. The first-order valence-corrected chi connectivity index (χ1v) is 17.6. The third-order valence-corrected chi connectivity index (χ3v) is 10.1. The van der Waals surface area contributed by atoms with Gasteiger partial charge >= 0.3 is 0 Å². The average molecular weight is 662 g/mol. The Kier molecular flexibility index (Phi) is 7.14. The number of aromatic nitrogens is 3. The van der Waals surface area contributed by atoms with E-state index in [0.29, 0.717) is 17.5 Å². The molecule has 0 saturated carbocycles. The molecule has 0 amide bonds. The van der Waals surface area contributed by atoms with E-state index in [1.54, 1.807) is 0 Å². The lowest BCUT2D eigenvalue weighted by Crippen LogP contribution is -2.00. The van der Waals surface area contributed by atoms with Crippen LogP contribution in [0.15, 0.2) is 188 Å². The van der Waals surface area contributed by atoms with Crippen LogP contribution in [0.1, 0.15) is 0 Å². The van der Waals surface area contributed by atoms with Crippen molar-refractivity contribution in [2.24, 2.45) is 0 Å². The van der Waals surface area contributed by atoms with Gasteiger partial charge in [-0.05, 0) is 83.5 Å². The zero-order valence-corrected chi connectivity index (χ0v) is 28.2. The highest BCUT2D eigenvalue weighted by atomic mass is 15.0. The van der Waals surface area contributed by atoms with Crippen LogP contribution in [-0.2, 0) is 0 Å². The summed E-state index contributed by atoms with van der Waals surface area (Å²) in [5, 5.41) is 9.71. The topological polar surface area (TPSA) is 38.7 Å². The van der Waals surface area contributed by atoms with Crippen molar-refractivity contribution >= 4 is 43.1 Å². The van der Waals surface area contributed by atoms with Crippen molar-refractivity contribution in [3.63, 3.8) is 0 Å². The highest BCUT2D eigenvalue weighted by Gasteiger charge is 2.19. The second-order valence-corrected chi connectivity index (χ2v) is 13.1. The Morgan fingerprint density at radius 2 is 0.558 bits per heavy atom. The van der Waals surface area contributed by atoms with E-state index in [9.17, 15) is 0 Å². The highest BCUT2D eigenvalue weighted by molar-refractivity contribution is 6.25. The normalized spacial score (nSPS) is 11.5. The third-order valence-electron chi connectivity index (χ3n) is 10.1. The second kappa shape index (κ2) is 12.4. The van der Waals surface area contributed by atoms with Gasteiger partial charge in [-0.3, -0.25) is 0 Å². The molecule has 10 aromatic rings. The quantitative estimate of drug-likeness (QED) is 0.172. The number of hydrogen-bond donors (Lipinski definition) is 0. The van der Waals surface area contributed by atoms with Crippen LogP contribution in [-0.4, -0.2) is 15.0 Å². The molecule has 3 nitrogen and oxygen atoms in total. The predicted molar refractivity (Wildman–Crippen MR) is 217 cm³/mol. The van der Waals surface area contributed by atoms with E-state index >= 15 is 0 Å². The molecule has 0 bridgehead atoms. The Bertz CT molecular complexity index is 2880. The summed E-state index contributed by atoms with van der Waals surface area (Å²) in [6.45, 7) is 0. The molecule has 0 aliphatic heterocycles. The van der Waals surface area contributed by atoms with Crippen LogP contribution in [0.2, 0.25) is 0 Å². The van der Waals surface area contributed by atoms with Gasteiger partial charge in [0.25, 0.3) is 0 Å². The fourth-order valence-corrected chi connectivity index (χ4v) is 7.69. The molecule has 0 N–H and O–H groups in total. The monoisotopic (exact) mass is 661 g/mol. The maximum absolute atomic E-state index is 5.09. The minimum absolute atomic E-state index is 0.651. The third kappa shape index (κ3) is 5.02. The summed E-state index contributed by atoms with van der Waals surface area (Å²) in [6, 6.07) is 66.5. The molecule has 0 fully saturated rings. The highest BCUT2D eigenvalue weighted by Crippen LogP contribution is 2.44. The van der Waals surface area contributed by atoms with Crippen LogP contribution in [0.25, 0.3) is 99.5 Å². The molecule has 0 spiro atoms. The minimum Gasteiger partial charge on any atom is -0.208 e. The fraction of sp³-hybridized carbons (Fsp3) is 0. The van der Waals surface area contributed by atoms with Crippen molar-refractivity contribution in [3.8, 4) is 56.4 Å². The number of rotatable bonds is 5. The molecular formula is C49H31N3. The van der Waals surface area contributed by atoms with Crippen LogP contribution < -0.4 is 0 Å². The number of hydrogen-bond acceptors (Lipinski definition) is 3. The van der Waals surface area contributed by atoms with Gasteiger partial charge in [0.1, 0.15) is 0 Å². The largest absolute Gasteiger partial charge is 0.208 e. The van der Waals surface area contributed by atoms with E-state index in [0.717, 1.165) is 27.5 Å². The molecule has 9 aromatic carbocycles. The van der Waals surface area contributed by atoms with Gasteiger partial charge in [-0.25, -0.2) is 15.0 Å². The lowest BCUT2D eigenvalue weighted by atomic mass is 9.86. The van der Waals surface area contributed by atoms with Crippen molar-refractivity contribution in [2.45, 2.75) is 0 Å². The van der Waals surface area contributed by atoms with Gasteiger partial charge in [-0.1, -0.05) is 170 Å². The Hall–Kier alpha value is -6.97. The maximum Gasteiger partial charge on any atom is 0.164 e. The number of fused-ring (bicyclic) bond motifs is 6. The number of nitrogens with zero attached hydrogens (tertiary/aromatic N) is 3. The summed E-state index contributed by atoms with van der Waals surface area (Å²) in [5.74, 6) is 1.96. The Balaban J connectivity index is 1.23. The lowest BCUT2D eigenvalue weighted by Gasteiger charge is -2.18. The smallest absolute Gasteiger partial charge is 0.164 e. The maximum atomic E-state index is 5.09. The molecule has 1 heterocycles. The molecule has 0 unspecified atom stereocenters. The summed E-state index contributed by atoms with van der Waals surface area (Å²) < 4.78 is 0. The minimum atomic E-state index is 0.651. The first kappa shape index (κ1) is 29.9. The van der Waals surface area contributed by atoms with Gasteiger partial charge in [-0.15, -0.1) is 0 Å². The molecular weight excluding hydrogens is 631 g/mol. The molecule has 52 heavy (non-hydrogen) atoms. The van der Waals surface area contributed by atoms with E-state index in [4.69, 9.17) is 15.0 Å². The SMILES string of the molecule is c1ccc(-c2nc(-c3ccccc3)nc(-c3ccc(-c4cc5c6ccccc6c(-c6ccccc6)cc5c5ccccc45)c4ccccc34)n2)cc1. The van der Waals surface area contributed by atoms with Gasteiger partial charge in [-0.2, -0.15) is 0 Å². The van der Waals surface area contributed by atoms with Crippen LogP contribution in [0, 0.1) is 0 Å². The average Bonchev–Trinajstić information content (AvgIpc) is 3.23. The van der Waals surface area contributed by atoms with Gasteiger partial charge in [0, 0.05) is 16.7 Å². The molecule has 0 aliphatic rings. The predicted octanol–water partition coefficient (Wildman–Crippen LogP) is 12.8. The lowest BCUT2D eigenvalue weighted by molar-refractivity contribution is 1.08. The van der Waals surface area contributed by atoms with E-state index in [1.165, 1.54) is 54.6 Å². The zero-order valence-electron chi connectivity index (χ0n) is 28.2. The Morgan fingerprint density at radius 1 is 0.212 bits per heavy atom. The van der Waals surface area contributed by atoms with Gasteiger partial charge in [0.15, 0.2) is 17.5 Å². The van der Waals surface area contributed by atoms with Gasteiger partial charge < -0.3 is 0 Å². The van der Waals surface area contributed by atoms with E-state index in [-0.39, 0.29) is 0 Å². The van der Waals surface area contributed by atoms with Crippen LogP contribution >= 0.6 is 0 Å². The van der Waals surface area contributed by atoms with E-state index < -0.39 is 0 Å². The van der Waals surface area contributed by atoms with Crippen molar-refractivity contribution in [1.82, 2.24) is 15.0 Å². The van der Waals surface area contributed by atoms with Crippen LogP contribution in [0.4, 0.5) is 0 Å². The molecule has 0 atom stereocenters. The van der Waals surface area contributed by atoms with Crippen LogP contribution in [0.3, 0.4) is 0 Å². The molecule has 0 aliphatic carbocycles. The first-order chi connectivity index (χ1) is 25.8. The van der Waals surface area contributed by atoms with Crippen molar-refractivity contribution in [3.05, 3.63) is 188 Å². The van der Waals surface area contributed by atoms with Crippen molar-refractivity contribution in [2.75, 3.05) is 0 Å². The second-order valence-electron chi connectivity index (χ2n) is 13.1. The zero-order chi connectivity index (χ0) is 34.4. The fourth-order valence-electron chi connectivity index (χ4n) is 7.69. The summed E-state index contributed by atoms with van der Waals surface area (Å²) >= 11 is 0. The Morgan fingerprint density at radius 3 is 1.08 bits per heavy atom. The first-order valence-electron chi connectivity index (χ1n) is 17.6. The standard InChI is InChI=1S/C49H31N3/c1-4-16-32(17-5-1)43-30-45-40-27-15-14-26-39(40)44(31-46(45)38-25-13-12-24-37(38)43)41-28-29-42(36-23-11-10-22-35(36)41)49-51-47(33-18-6-2-7-19-33)50-48(52-49)34-20-8-3-9-21-34/h1-31H. The van der Waals surface area contributed by atoms with E-state index in [1.807, 2.05) is 60.7 Å². The molecule has 1 aromatic heterocycles. The summed E-state index contributed by atoms with van der Waals surface area (Å²) in [6.07, 6.45) is 0. The molecule has 3 heteroatoms. The summed E-state index contributed by atoms with van der Waals surface area (Å²) in [7, 11) is 0. The summed E-state index contributed by atoms with van der Waals surface area (Å²) in [5.41, 5.74) is 7.73. The van der Waals surface area contributed by atoms with Crippen molar-refractivity contribution in [1.29, 1.82) is 0 Å². The van der Waals surface area contributed by atoms with Crippen molar-refractivity contribution < 1.29 is 0 Å². The molecule has 0 saturated heterocycles. The van der Waals surface area contributed by atoms with E-state index in [2.05, 4.69) is 127 Å². The molecule has 0 radical (unpaired) electrons. The Labute approximate surface area is 301 Å². The van der Waals surface area contributed by atoms with Gasteiger partial charge in [0.2, 0.25) is 0 Å². The molecule has 242 valence electrons. The number of benzene rings is 9. The van der Waals surface area contributed by atoms with Crippen LogP contribution in [0.5, 0.6) is 0 Å².